The normalized spacial score (nSPS) is 12.6. The van der Waals surface area contributed by atoms with Crippen molar-refractivity contribution in [3.63, 3.8) is 0 Å². The van der Waals surface area contributed by atoms with Crippen molar-refractivity contribution in [1.29, 1.82) is 0 Å². The van der Waals surface area contributed by atoms with Gasteiger partial charge in [-0.05, 0) is 32.9 Å². The molecule has 0 aliphatic rings. The lowest BCUT2D eigenvalue weighted by molar-refractivity contribution is -0.121. The lowest BCUT2D eigenvalue weighted by Gasteiger charge is -2.09. The summed E-state index contributed by atoms with van der Waals surface area (Å²) >= 11 is 0. The molecule has 0 aromatic rings. The van der Waals surface area contributed by atoms with Crippen LogP contribution in [0.5, 0.6) is 0 Å². The van der Waals surface area contributed by atoms with Crippen LogP contribution in [0, 0.1) is 5.92 Å². The van der Waals surface area contributed by atoms with Crippen LogP contribution >= 0.6 is 0 Å². The lowest BCUT2D eigenvalue weighted by atomic mass is 10.0. The molecule has 3 heteroatoms. The summed E-state index contributed by atoms with van der Waals surface area (Å²) in [4.78, 5) is 11.1. The van der Waals surface area contributed by atoms with Gasteiger partial charge in [0.05, 0.1) is 0 Å². The molecule has 0 radical (unpaired) electrons. The van der Waals surface area contributed by atoms with Crippen LogP contribution in [0.4, 0.5) is 0 Å². The van der Waals surface area contributed by atoms with Crippen LogP contribution < -0.4 is 10.6 Å². The Hall–Kier alpha value is -0.570. The van der Waals surface area contributed by atoms with Crippen molar-refractivity contribution in [3.8, 4) is 0 Å². The minimum absolute atomic E-state index is 0.168. The molecule has 0 heterocycles. The van der Waals surface area contributed by atoms with E-state index in [1.165, 1.54) is 0 Å². The van der Waals surface area contributed by atoms with E-state index in [0.29, 0.717) is 12.3 Å². The van der Waals surface area contributed by atoms with Gasteiger partial charge in [-0.2, -0.15) is 0 Å². The Kier molecular flexibility index (Phi) is 6.76. The largest absolute Gasteiger partial charge is 0.356 e. The smallest absolute Gasteiger partial charge is 0.220 e. The molecule has 12 heavy (non-hydrogen) atoms. The van der Waals surface area contributed by atoms with Crippen molar-refractivity contribution in [3.05, 3.63) is 0 Å². The van der Waals surface area contributed by atoms with Crippen molar-refractivity contribution < 1.29 is 4.79 Å². The molecule has 0 aromatic heterocycles. The molecule has 0 rings (SSSR count). The molecule has 0 aromatic carbocycles. The monoisotopic (exact) mass is 172 g/mol. The standard InChI is InChI=1S/C9H20N2O/c1-4-11-9(12)7-8(2)5-6-10-3/h8,10H,4-7H2,1-3H3,(H,11,12). The van der Waals surface area contributed by atoms with Crippen molar-refractivity contribution >= 4 is 5.91 Å². The number of amides is 1. The molecule has 1 amide bonds. The van der Waals surface area contributed by atoms with E-state index < -0.39 is 0 Å². The molecular formula is C9H20N2O. The van der Waals surface area contributed by atoms with E-state index in [4.69, 9.17) is 0 Å². The van der Waals surface area contributed by atoms with Crippen molar-refractivity contribution in [2.45, 2.75) is 26.7 Å². The summed E-state index contributed by atoms with van der Waals surface area (Å²) in [6.07, 6.45) is 1.71. The maximum Gasteiger partial charge on any atom is 0.220 e. The van der Waals surface area contributed by atoms with Crippen LogP contribution in [0.1, 0.15) is 26.7 Å². The number of hydrogen-bond acceptors (Lipinski definition) is 2. The second kappa shape index (κ2) is 7.10. The van der Waals surface area contributed by atoms with E-state index in [9.17, 15) is 4.79 Å². The first-order chi connectivity index (χ1) is 5.70. The molecule has 1 unspecified atom stereocenters. The van der Waals surface area contributed by atoms with Gasteiger partial charge in [0.1, 0.15) is 0 Å². The van der Waals surface area contributed by atoms with Gasteiger partial charge in [0, 0.05) is 13.0 Å². The molecule has 0 fully saturated rings. The fourth-order valence-corrected chi connectivity index (χ4v) is 1.08. The van der Waals surface area contributed by atoms with Crippen molar-refractivity contribution in [2.24, 2.45) is 5.92 Å². The third-order valence-electron chi connectivity index (χ3n) is 1.79. The quantitative estimate of drug-likeness (QED) is 0.621. The average molecular weight is 172 g/mol. The fourth-order valence-electron chi connectivity index (χ4n) is 1.08. The zero-order valence-corrected chi connectivity index (χ0v) is 8.31. The van der Waals surface area contributed by atoms with Gasteiger partial charge >= 0.3 is 0 Å². The van der Waals surface area contributed by atoms with Gasteiger partial charge in [-0.3, -0.25) is 4.79 Å². The number of carbonyl (C=O) groups excluding carboxylic acids is 1. The molecule has 3 nitrogen and oxygen atoms in total. The molecular weight excluding hydrogens is 152 g/mol. The second-order valence-corrected chi connectivity index (χ2v) is 3.16. The summed E-state index contributed by atoms with van der Waals surface area (Å²) in [5.41, 5.74) is 0. The van der Waals surface area contributed by atoms with E-state index in [1.54, 1.807) is 0 Å². The fraction of sp³-hybridized carbons (Fsp3) is 0.889. The van der Waals surface area contributed by atoms with Gasteiger partial charge in [0.25, 0.3) is 0 Å². The molecule has 0 saturated carbocycles. The first kappa shape index (κ1) is 11.4. The summed E-state index contributed by atoms with van der Waals surface area (Å²) < 4.78 is 0. The minimum atomic E-state index is 0.168. The zero-order chi connectivity index (χ0) is 9.40. The molecule has 1 atom stereocenters. The summed E-state index contributed by atoms with van der Waals surface area (Å²) in [7, 11) is 1.93. The highest BCUT2D eigenvalue weighted by Crippen LogP contribution is 2.05. The summed E-state index contributed by atoms with van der Waals surface area (Å²) in [5, 5.41) is 5.87. The van der Waals surface area contributed by atoms with E-state index >= 15 is 0 Å². The molecule has 0 saturated heterocycles. The van der Waals surface area contributed by atoms with Crippen molar-refractivity contribution in [1.82, 2.24) is 10.6 Å². The van der Waals surface area contributed by atoms with Gasteiger partial charge in [0.2, 0.25) is 5.91 Å². The highest BCUT2D eigenvalue weighted by atomic mass is 16.1. The average Bonchev–Trinajstić information content (AvgIpc) is 2.01. The Morgan fingerprint density at radius 3 is 2.67 bits per heavy atom. The number of hydrogen-bond donors (Lipinski definition) is 2. The van der Waals surface area contributed by atoms with Crippen LogP contribution in [-0.2, 0) is 4.79 Å². The van der Waals surface area contributed by atoms with Crippen LogP contribution in [0.2, 0.25) is 0 Å². The molecule has 0 aliphatic carbocycles. The third kappa shape index (κ3) is 6.16. The highest BCUT2D eigenvalue weighted by Gasteiger charge is 2.06. The Morgan fingerprint density at radius 1 is 1.50 bits per heavy atom. The maximum absolute atomic E-state index is 11.1. The third-order valence-corrected chi connectivity index (χ3v) is 1.79. The predicted octanol–water partition coefficient (Wildman–Crippen LogP) is 0.758. The molecule has 0 bridgehead atoms. The summed E-state index contributed by atoms with van der Waals surface area (Å²) in [6, 6.07) is 0. The van der Waals surface area contributed by atoms with Gasteiger partial charge in [-0.25, -0.2) is 0 Å². The van der Waals surface area contributed by atoms with Gasteiger partial charge in [-0.1, -0.05) is 6.92 Å². The first-order valence-electron chi connectivity index (χ1n) is 4.62. The van der Waals surface area contributed by atoms with Crippen molar-refractivity contribution in [2.75, 3.05) is 20.1 Å². The van der Waals surface area contributed by atoms with E-state index in [0.717, 1.165) is 19.5 Å². The van der Waals surface area contributed by atoms with E-state index in [1.807, 2.05) is 14.0 Å². The predicted molar refractivity (Wildman–Crippen MR) is 51.0 cm³/mol. The second-order valence-electron chi connectivity index (χ2n) is 3.16. The van der Waals surface area contributed by atoms with Crippen LogP contribution in [0.15, 0.2) is 0 Å². The summed E-state index contributed by atoms with van der Waals surface area (Å²) in [6.45, 7) is 5.76. The van der Waals surface area contributed by atoms with Crippen LogP contribution in [-0.4, -0.2) is 26.0 Å². The topological polar surface area (TPSA) is 41.1 Å². The zero-order valence-electron chi connectivity index (χ0n) is 8.31. The molecule has 0 spiro atoms. The Labute approximate surface area is 74.9 Å². The Balaban J connectivity index is 3.40. The lowest BCUT2D eigenvalue weighted by Crippen LogP contribution is -2.25. The van der Waals surface area contributed by atoms with Crippen LogP contribution in [0.25, 0.3) is 0 Å². The number of carbonyl (C=O) groups is 1. The highest BCUT2D eigenvalue weighted by molar-refractivity contribution is 5.75. The molecule has 2 N–H and O–H groups in total. The summed E-state index contributed by atoms with van der Waals surface area (Å²) in [5.74, 6) is 0.644. The Bertz CT molecular complexity index is 126. The van der Waals surface area contributed by atoms with Gasteiger partial charge in [0.15, 0.2) is 0 Å². The van der Waals surface area contributed by atoms with Gasteiger partial charge in [-0.15, -0.1) is 0 Å². The van der Waals surface area contributed by atoms with E-state index in [-0.39, 0.29) is 5.91 Å². The minimum Gasteiger partial charge on any atom is -0.356 e. The number of nitrogens with one attached hydrogen (secondary N) is 2. The van der Waals surface area contributed by atoms with Gasteiger partial charge < -0.3 is 10.6 Å². The molecule has 72 valence electrons. The van der Waals surface area contributed by atoms with Crippen LogP contribution in [0.3, 0.4) is 0 Å². The Morgan fingerprint density at radius 2 is 2.17 bits per heavy atom. The molecule has 0 aliphatic heterocycles. The van der Waals surface area contributed by atoms with E-state index in [2.05, 4.69) is 17.6 Å². The number of rotatable bonds is 6. The SMILES string of the molecule is CCNC(=O)CC(C)CCNC. The first-order valence-corrected chi connectivity index (χ1v) is 4.62. The maximum atomic E-state index is 11.1.